The van der Waals surface area contributed by atoms with Crippen LogP contribution in [0, 0.1) is 26.6 Å². The van der Waals surface area contributed by atoms with E-state index in [2.05, 4.69) is 10.6 Å². The van der Waals surface area contributed by atoms with Gasteiger partial charge >= 0.3 is 6.03 Å². The maximum atomic E-state index is 13.3. The molecule has 7 heteroatoms. The summed E-state index contributed by atoms with van der Waals surface area (Å²) in [7, 11) is 0. The Bertz CT molecular complexity index is 964. The minimum Gasteiger partial charge on any atom is -0.324 e. The molecular weight excluding hydrogens is 373 g/mol. The molecule has 0 aliphatic carbocycles. The minimum atomic E-state index is -1.30. The van der Waals surface area contributed by atoms with Crippen molar-refractivity contribution >= 4 is 23.5 Å². The third-order valence-corrected chi connectivity index (χ3v) is 5.29. The van der Waals surface area contributed by atoms with Gasteiger partial charge in [-0.25, -0.2) is 9.18 Å². The van der Waals surface area contributed by atoms with Gasteiger partial charge in [0.25, 0.3) is 5.91 Å². The number of benzene rings is 2. The second-order valence-electron chi connectivity index (χ2n) is 7.41. The number of urea groups is 1. The molecule has 29 heavy (non-hydrogen) atoms. The molecule has 3 rings (SSSR count). The molecule has 2 aromatic rings. The molecule has 6 nitrogen and oxygen atoms in total. The lowest BCUT2D eigenvalue weighted by Gasteiger charge is -2.25. The largest absolute Gasteiger partial charge is 0.325 e. The number of aryl methyl sites for hydroxylation is 3. The Morgan fingerprint density at radius 3 is 2.24 bits per heavy atom. The van der Waals surface area contributed by atoms with E-state index in [0.29, 0.717) is 11.3 Å². The fraction of sp³-hybridized carbons (Fsp3) is 0.318. The summed E-state index contributed by atoms with van der Waals surface area (Å²) in [6.07, 6.45) is 0.275. The van der Waals surface area contributed by atoms with Crippen molar-refractivity contribution in [2.45, 2.75) is 39.7 Å². The van der Waals surface area contributed by atoms with E-state index < -0.39 is 35.7 Å². The summed E-state index contributed by atoms with van der Waals surface area (Å²) in [5.41, 5.74) is 2.74. The van der Waals surface area contributed by atoms with E-state index in [4.69, 9.17) is 0 Å². The second kappa shape index (κ2) is 7.66. The van der Waals surface area contributed by atoms with Crippen molar-refractivity contribution < 1.29 is 18.8 Å². The van der Waals surface area contributed by atoms with Crippen molar-refractivity contribution in [3.05, 3.63) is 64.5 Å². The maximum absolute atomic E-state index is 13.3. The van der Waals surface area contributed by atoms with Gasteiger partial charge in [-0.1, -0.05) is 36.8 Å². The first-order valence-corrected chi connectivity index (χ1v) is 9.46. The van der Waals surface area contributed by atoms with Crippen LogP contribution in [0.3, 0.4) is 0 Å². The van der Waals surface area contributed by atoms with Gasteiger partial charge in [-0.15, -0.1) is 0 Å². The number of hydrogen-bond acceptors (Lipinski definition) is 3. The highest BCUT2D eigenvalue weighted by Crippen LogP contribution is 2.32. The van der Waals surface area contributed by atoms with Crippen LogP contribution < -0.4 is 10.6 Å². The lowest BCUT2D eigenvalue weighted by atomic mass is 9.87. The van der Waals surface area contributed by atoms with Crippen LogP contribution in [0.15, 0.2) is 36.4 Å². The molecule has 0 radical (unpaired) electrons. The molecule has 0 saturated carbocycles. The summed E-state index contributed by atoms with van der Waals surface area (Å²) < 4.78 is 13.3. The minimum absolute atomic E-state index is 0.275. The first-order valence-electron chi connectivity index (χ1n) is 9.46. The highest BCUT2D eigenvalue weighted by atomic mass is 19.1. The average molecular weight is 397 g/mol. The van der Waals surface area contributed by atoms with E-state index in [1.54, 1.807) is 6.92 Å². The molecule has 0 unspecified atom stereocenters. The quantitative estimate of drug-likeness (QED) is 0.758. The highest BCUT2D eigenvalue weighted by molar-refractivity contribution is 6.10. The van der Waals surface area contributed by atoms with E-state index in [-0.39, 0.29) is 6.42 Å². The van der Waals surface area contributed by atoms with E-state index in [9.17, 15) is 18.8 Å². The van der Waals surface area contributed by atoms with Crippen LogP contribution in [0.25, 0.3) is 0 Å². The zero-order valence-electron chi connectivity index (χ0n) is 16.9. The number of nitrogens with zero attached hydrogens (tertiary/aromatic N) is 1. The Morgan fingerprint density at radius 1 is 1.10 bits per heavy atom. The highest BCUT2D eigenvalue weighted by Gasteiger charge is 2.51. The monoisotopic (exact) mass is 397 g/mol. The number of anilines is 1. The molecule has 1 saturated heterocycles. The zero-order valence-corrected chi connectivity index (χ0v) is 16.9. The van der Waals surface area contributed by atoms with E-state index in [1.807, 2.05) is 32.9 Å². The van der Waals surface area contributed by atoms with Gasteiger partial charge in [-0.2, -0.15) is 0 Å². The summed E-state index contributed by atoms with van der Waals surface area (Å²) in [5, 5.41) is 5.49. The maximum Gasteiger partial charge on any atom is 0.325 e. The van der Waals surface area contributed by atoms with Crippen molar-refractivity contribution in [1.82, 2.24) is 10.2 Å². The fourth-order valence-corrected chi connectivity index (χ4v) is 3.84. The lowest BCUT2D eigenvalue weighted by Crippen LogP contribution is -2.44. The van der Waals surface area contributed by atoms with Crippen molar-refractivity contribution in [2.24, 2.45) is 0 Å². The van der Waals surface area contributed by atoms with Crippen LogP contribution in [-0.2, 0) is 15.1 Å². The van der Waals surface area contributed by atoms with Crippen LogP contribution in [0.4, 0.5) is 14.9 Å². The number of imide groups is 1. The fourth-order valence-electron chi connectivity index (χ4n) is 3.84. The first kappa shape index (κ1) is 20.5. The number of carbonyl (C=O) groups excluding carboxylic acids is 3. The van der Waals surface area contributed by atoms with Crippen LogP contribution in [0.2, 0.25) is 0 Å². The Hall–Kier alpha value is -3.22. The average Bonchev–Trinajstić information content (AvgIpc) is 2.90. The SMILES string of the molecule is CC[C@@]1(c2ccc(F)cc2)NC(=O)N(CC(=O)Nc2c(C)cc(C)cc2C)C1=O. The van der Waals surface area contributed by atoms with Gasteiger partial charge < -0.3 is 10.6 Å². The Balaban J connectivity index is 1.81. The van der Waals surface area contributed by atoms with E-state index in [1.165, 1.54) is 24.3 Å². The summed E-state index contributed by atoms with van der Waals surface area (Å²) in [6.45, 7) is 7.10. The van der Waals surface area contributed by atoms with Gasteiger partial charge in [-0.05, 0) is 56.0 Å². The molecule has 2 aromatic carbocycles. The Labute approximate surface area is 169 Å². The third kappa shape index (κ3) is 3.72. The molecule has 1 heterocycles. The standard InChI is InChI=1S/C22H24FN3O3/c1-5-22(16-6-8-17(23)9-7-16)20(28)26(21(29)25-22)12-18(27)24-19-14(3)10-13(2)11-15(19)4/h6-11H,5,12H2,1-4H3,(H,24,27)(H,25,29)/t22-/m0/s1. The normalized spacial score (nSPS) is 18.7. The topological polar surface area (TPSA) is 78.5 Å². The predicted molar refractivity (Wildman–Crippen MR) is 108 cm³/mol. The van der Waals surface area contributed by atoms with Crippen LogP contribution in [-0.4, -0.2) is 29.3 Å². The Morgan fingerprint density at radius 2 is 1.69 bits per heavy atom. The van der Waals surface area contributed by atoms with E-state index >= 15 is 0 Å². The van der Waals surface area contributed by atoms with Gasteiger partial charge in [0.1, 0.15) is 17.9 Å². The van der Waals surface area contributed by atoms with Gasteiger partial charge in [0.2, 0.25) is 5.91 Å². The summed E-state index contributed by atoms with van der Waals surface area (Å²) in [6, 6.07) is 8.68. The third-order valence-electron chi connectivity index (χ3n) is 5.29. The second-order valence-corrected chi connectivity index (χ2v) is 7.41. The van der Waals surface area contributed by atoms with Crippen LogP contribution in [0.5, 0.6) is 0 Å². The molecule has 2 N–H and O–H groups in total. The molecule has 1 aliphatic rings. The number of amides is 4. The van der Waals surface area contributed by atoms with Crippen molar-refractivity contribution in [3.63, 3.8) is 0 Å². The summed E-state index contributed by atoms with van der Waals surface area (Å²) in [4.78, 5) is 39.1. The molecule has 1 atom stereocenters. The van der Waals surface area contributed by atoms with Crippen molar-refractivity contribution in [2.75, 3.05) is 11.9 Å². The number of rotatable bonds is 5. The molecule has 1 aliphatic heterocycles. The molecule has 1 fully saturated rings. The van der Waals surface area contributed by atoms with Gasteiger partial charge in [0.05, 0.1) is 0 Å². The van der Waals surface area contributed by atoms with Crippen molar-refractivity contribution in [1.29, 1.82) is 0 Å². The lowest BCUT2D eigenvalue weighted by molar-refractivity contribution is -0.134. The molecule has 0 bridgehead atoms. The number of nitrogens with one attached hydrogen (secondary N) is 2. The van der Waals surface area contributed by atoms with Crippen LogP contribution in [0.1, 0.15) is 35.6 Å². The Kier molecular flexibility index (Phi) is 5.42. The number of halogens is 1. The molecular formula is C22H24FN3O3. The zero-order chi connectivity index (χ0) is 21.3. The van der Waals surface area contributed by atoms with Crippen LogP contribution >= 0.6 is 0 Å². The molecule has 4 amide bonds. The summed E-state index contributed by atoms with van der Waals surface area (Å²) in [5.74, 6) is -1.42. The predicted octanol–water partition coefficient (Wildman–Crippen LogP) is 3.55. The van der Waals surface area contributed by atoms with Gasteiger partial charge in [0.15, 0.2) is 0 Å². The summed E-state index contributed by atoms with van der Waals surface area (Å²) >= 11 is 0. The molecule has 0 aromatic heterocycles. The van der Waals surface area contributed by atoms with Gasteiger partial charge in [0, 0.05) is 5.69 Å². The number of hydrogen-bond donors (Lipinski definition) is 2. The van der Waals surface area contributed by atoms with Gasteiger partial charge in [-0.3, -0.25) is 14.5 Å². The molecule has 152 valence electrons. The smallest absolute Gasteiger partial charge is 0.324 e. The number of carbonyl (C=O) groups is 3. The van der Waals surface area contributed by atoms with E-state index in [0.717, 1.165) is 21.6 Å². The molecule has 0 spiro atoms. The first-order chi connectivity index (χ1) is 13.7. The van der Waals surface area contributed by atoms with Crippen molar-refractivity contribution in [3.8, 4) is 0 Å².